The Hall–Kier alpha value is -1.46. The number of pyridine rings is 1. The number of rotatable bonds is 6. The first kappa shape index (κ1) is 13.5. The van der Waals surface area contributed by atoms with Crippen LogP contribution in [0.4, 0.5) is 5.13 Å². The van der Waals surface area contributed by atoms with Crippen LogP contribution in [0.15, 0.2) is 24.5 Å². The van der Waals surface area contributed by atoms with Gasteiger partial charge in [-0.2, -0.15) is 0 Å². The molecule has 0 saturated heterocycles. The van der Waals surface area contributed by atoms with Gasteiger partial charge in [0.2, 0.25) is 0 Å². The number of nitrogens with zero attached hydrogens (tertiary/aromatic N) is 3. The van der Waals surface area contributed by atoms with E-state index in [1.807, 2.05) is 24.5 Å². The van der Waals surface area contributed by atoms with E-state index in [2.05, 4.69) is 16.9 Å². The molecular weight excluding hydrogens is 270 g/mol. The number of aliphatic hydroxyl groups is 1. The third-order valence-corrected chi connectivity index (χ3v) is 4.81. The van der Waals surface area contributed by atoms with E-state index in [0.29, 0.717) is 5.92 Å². The summed E-state index contributed by atoms with van der Waals surface area (Å²) in [5.41, 5.74) is 2.41. The molecule has 1 saturated carbocycles. The Morgan fingerprint density at radius 2 is 2.10 bits per heavy atom. The fourth-order valence-electron chi connectivity index (χ4n) is 2.24. The topological polar surface area (TPSA) is 49.2 Å². The lowest BCUT2D eigenvalue weighted by Crippen LogP contribution is -2.20. The van der Waals surface area contributed by atoms with E-state index in [9.17, 15) is 5.11 Å². The van der Waals surface area contributed by atoms with Gasteiger partial charge in [0.25, 0.3) is 0 Å². The summed E-state index contributed by atoms with van der Waals surface area (Å²) < 4.78 is 0. The Bertz CT molecular complexity index is 566. The summed E-state index contributed by atoms with van der Waals surface area (Å²) in [5.74, 6) is 0.593. The summed E-state index contributed by atoms with van der Waals surface area (Å²) in [4.78, 5) is 12.0. The van der Waals surface area contributed by atoms with Crippen molar-refractivity contribution in [2.75, 3.05) is 18.5 Å². The van der Waals surface area contributed by atoms with Crippen molar-refractivity contribution in [2.24, 2.45) is 0 Å². The van der Waals surface area contributed by atoms with Crippen LogP contribution in [0.25, 0.3) is 0 Å². The minimum Gasteiger partial charge on any atom is -0.391 e. The Morgan fingerprint density at radius 1 is 1.35 bits per heavy atom. The van der Waals surface area contributed by atoms with Gasteiger partial charge in [-0.05, 0) is 37.0 Å². The van der Waals surface area contributed by atoms with Crippen molar-refractivity contribution in [3.63, 3.8) is 0 Å². The van der Waals surface area contributed by atoms with Gasteiger partial charge in [0.05, 0.1) is 17.2 Å². The van der Waals surface area contributed by atoms with Crippen molar-refractivity contribution in [2.45, 2.75) is 31.8 Å². The van der Waals surface area contributed by atoms with E-state index in [1.54, 1.807) is 11.3 Å². The molecule has 1 fully saturated rings. The summed E-state index contributed by atoms with van der Waals surface area (Å²) in [6.07, 6.45) is 7.07. The zero-order valence-electron chi connectivity index (χ0n) is 11.6. The highest BCUT2D eigenvalue weighted by Crippen LogP contribution is 2.44. The number of aliphatic hydroxyl groups excluding tert-OH is 1. The van der Waals surface area contributed by atoms with Crippen LogP contribution in [0.3, 0.4) is 0 Å². The first-order valence-corrected chi connectivity index (χ1v) is 7.80. The lowest BCUT2D eigenvalue weighted by atomic mass is 10.2. The van der Waals surface area contributed by atoms with E-state index in [1.165, 1.54) is 18.4 Å². The van der Waals surface area contributed by atoms with Crippen LogP contribution in [-0.4, -0.2) is 28.7 Å². The Morgan fingerprint density at radius 3 is 2.75 bits per heavy atom. The molecule has 0 spiro atoms. The number of hydrogen-bond acceptors (Lipinski definition) is 5. The van der Waals surface area contributed by atoms with Crippen LogP contribution in [-0.2, 0) is 13.0 Å². The van der Waals surface area contributed by atoms with Gasteiger partial charge in [-0.1, -0.05) is 11.3 Å². The number of hydrogen-bond donors (Lipinski definition) is 1. The molecule has 2 aromatic heterocycles. The Labute approximate surface area is 123 Å². The van der Waals surface area contributed by atoms with Crippen molar-refractivity contribution in [3.8, 4) is 0 Å². The van der Waals surface area contributed by atoms with Gasteiger partial charge in [0.15, 0.2) is 5.13 Å². The quantitative estimate of drug-likeness (QED) is 0.888. The predicted molar refractivity (Wildman–Crippen MR) is 81.2 cm³/mol. The molecule has 3 rings (SSSR count). The van der Waals surface area contributed by atoms with E-state index >= 15 is 0 Å². The maximum atomic E-state index is 9.44. The first-order valence-electron chi connectivity index (χ1n) is 6.98. The molecule has 0 bridgehead atoms. The van der Waals surface area contributed by atoms with Gasteiger partial charge in [-0.15, -0.1) is 0 Å². The number of aromatic nitrogens is 2. The molecule has 1 aliphatic rings. The number of anilines is 1. The summed E-state index contributed by atoms with van der Waals surface area (Å²) in [6.45, 7) is 1.04. The standard InChI is InChI=1S/C15H19N3OS/c1-18(9-6-11-4-7-16-8-5-11)15-17-14(12-2-3-12)13(10-19)20-15/h4-5,7-8,12,19H,2-3,6,9-10H2,1H3. The van der Waals surface area contributed by atoms with Crippen molar-refractivity contribution in [3.05, 3.63) is 40.7 Å². The Balaban J connectivity index is 1.66. The normalized spacial score (nSPS) is 14.5. The van der Waals surface area contributed by atoms with Gasteiger partial charge in [-0.25, -0.2) is 4.98 Å². The maximum Gasteiger partial charge on any atom is 0.185 e. The molecule has 20 heavy (non-hydrogen) atoms. The third kappa shape index (κ3) is 2.99. The molecule has 1 aliphatic carbocycles. The van der Waals surface area contributed by atoms with Crippen LogP contribution < -0.4 is 4.90 Å². The molecule has 0 radical (unpaired) electrons. The highest BCUT2D eigenvalue weighted by atomic mass is 32.1. The fourth-order valence-corrected chi connectivity index (χ4v) is 3.24. The van der Waals surface area contributed by atoms with Crippen LogP contribution in [0, 0.1) is 0 Å². The average molecular weight is 289 g/mol. The van der Waals surface area contributed by atoms with E-state index in [-0.39, 0.29) is 6.61 Å². The first-order chi connectivity index (χ1) is 9.78. The van der Waals surface area contributed by atoms with E-state index in [4.69, 9.17) is 4.98 Å². The van der Waals surface area contributed by atoms with Crippen LogP contribution in [0.1, 0.15) is 34.9 Å². The van der Waals surface area contributed by atoms with Crippen LogP contribution in [0.5, 0.6) is 0 Å². The zero-order valence-corrected chi connectivity index (χ0v) is 12.4. The third-order valence-electron chi connectivity index (χ3n) is 3.64. The molecule has 2 heterocycles. The summed E-state index contributed by atoms with van der Waals surface area (Å²) >= 11 is 1.62. The van der Waals surface area contributed by atoms with Gasteiger partial charge >= 0.3 is 0 Å². The largest absolute Gasteiger partial charge is 0.391 e. The molecule has 1 N–H and O–H groups in total. The summed E-state index contributed by atoms with van der Waals surface area (Å²) in [5, 5.41) is 10.5. The van der Waals surface area contributed by atoms with Crippen LogP contribution in [0.2, 0.25) is 0 Å². The maximum absolute atomic E-state index is 9.44. The molecule has 0 aromatic carbocycles. The summed E-state index contributed by atoms with van der Waals surface area (Å²) in [7, 11) is 2.07. The zero-order chi connectivity index (χ0) is 13.9. The second kappa shape index (κ2) is 5.89. The molecule has 0 atom stereocenters. The second-order valence-corrected chi connectivity index (χ2v) is 6.33. The average Bonchev–Trinajstić information content (AvgIpc) is 3.24. The van der Waals surface area contributed by atoms with Gasteiger partial charge in [-0.3, -0.25) is 4.98 Å². The van der Waals surface area contributed by atoms with Gasteiger partial charge < -0.3 is 10.0 Å². The predicted octanol–water partition coefficient (Wildman–Crippen LogP) is 2.59. The summed E-state index contributed by atoms with van der Waals surface area (Å²) in [6, 6.07) is 4.09. The molecule has 2 aromatic rings. The molecule has 0 unspecified atom stereocenters. The Kier molecular flexibility index (Phi) is 3.98. The smallest absolute Gasteiger partial charge is 0.185 e. The number of likely N-dealkylation sites (N-methyl/N-ethyl adjacent to an activating group) is 1. The van der Waals surface area contributed by atoms with E-state index in [0.717, 1.165) is 28.7 Å². The van der Waals surface area contributed by atoms with Crippen molar-refractivity contribution >= 4 is 16.5 Å². The highest BCUT2D eigenvalue weighted by molar-refractivity contribution is 7.15. The fraction of sp³-hybridized carbons (Fsp3) is 0.467. The lowest BCUT2D eigenvalue weighted by Gasteiger charge is -2.15. The monoisotopic (exact) mass is 289 g/mol. The second-order valence-electron chi connectivity index (χ2n) is 5.26. The van der Waals surface area contributed by atoms with Crippen LogP contribution >= 0.6 is 11.3 Å². The lowest BCUT2D eigenvalue weighted by molar-refractivity contribution is 0.284. The molecule has 0 aliphatic heterocycles. The van der Waals surface area contributed by atoms with Gasteiger partial charge in [0.1, 0.15) is 0 Å². The minimum absolute atomic E-state index is 0.113. The molecule has 5 heteroatoms. The molecular formula is C15H19N3OS. The van der Waals surface area contributed by atoms with Gasteiger partial charge in [0, 0.05) is 31.9 Å². The van der Waals surface area contributed by atoms with Crippen molar-refractivity contribution < 1.29 is 5.11 Å². The SMILES string of the molecule is CN(CCc1ccncc1)c1nc(C2CC2)c(CO)s1. The highest BCUT2D eigenvalue weighted by Gasteiger charge is 2.29. The molecule has 4 nitrogen and oxygen atoms in total. The van der Waals surface area contributed by atoms with Crippen molar-refractivity contribution in [1.82, 2.24) is 9.97 Å². The molecule has 0 amide bonds. The molecule has 106 valence electrons. The number of thiazole rings is 1. The van der Waals surface area contributed by atoms with E-state index < -0.39 is 0 Å². The minimum atomic E-state index is 0.113. The van der Waals surface area contributed by atoms with Crippen molar-refractivity contribution in [1.29, 1.82) is 0 Å².